The lowest BCUT2D eigenvalue weighted by molar-refractivity contribution is -0.130. The zero-order valence-electron chi connectivity index (χ0n) is 22.5. The molecule has 0 amide bonds. The van der Waals surface area contributed by atoms with E-state index in [4.69, 9.17) is 14.9 Å². The first-order valence-corrected chi connectivity index (χ1v) is 13.6. The molecule has 0 bridgehead atoms. The second kappa shape index (κ2) is 19.9. The summed E-state index contributed by atoms with van der Waals surface area (Å²) in [6.45, 7) is 1.20. The first-order chi connectivity index (χ1) is 18.3. The van der Waals surface area contributed by atoms with E-state index in [1.807, 2.05) is 13.8 Å². The Morgan fingerprint density at radius 2 is 1.20 bits per heavy atom. The van der Waals surface area contributed by atoms with Crippen molar-refractivity contribution >= 4 is 29.3 Å². The molecule has 1 aromatic rings. The van der Waals surface area contributed by atoms with Gasteiger partial charge in [0, 0.05) is 31.3 Å². The maximum Gasteiger partial charge on any atom is 0.191 e. The standard InChI is InChI=1S/C25H43NO12S.ClH/c1-14(2)25(37)39-13-15-3-5-16(6-4-15)38-8-7-26(9-17(29)21(33)23(35)19(31)11-27)10-18(30)22(34)24(36)20(32)12-28;/h3-6,14,17-24,27-36H,7-13H2,1-2H3;1H/t17-,18-,19+,20+,21+,22+,23+,24+;/m0./s1. The van der Waals surface area contributed by atoms with Crippen LogP contribution in [0.15, 0.2) is 24.3 Å². The molecule has 0 aliphatic heterocycles. The van der Waals surface area contributed by atoms with Crippen LogP contribution >= 0.6 is 24.2 Å². The molecule has 0 aliphatic carbocycles. The van der Waals surface area contributed by atoms with Crippen molar-refractivity contribution in [3.63, 3.8) is 0 Å². The maximum atomic E-state index is 11.8. The van der Waals surface area contributed by atoms with Gasteiger partial charge in [-0.25, -0.2) is 0 Å². The molecule has 0 heterocycles. The van der Waals surface area contributed by atoms with Crippen molar-refractivity contribution in [3.05, 3.63) is 29.8 Å². The third kappa shape index (κ3) is 13.2. The van der Waals surface area contributed by atoms with Gasteiger partial charge >= 0.3 is 0 Å². The number of hydrogen-bond acceptors (Lipinski definition) is 14. The molecule has 0 saturated heterocycles. The number of carbonyl (C=O) groups is 1. The smallest absolute Gasteiger partial charge is 0.191 e. The van der Waals surface area contributed by atoms with Crippen molar-refractivity contribution < 1.29 is 60.6 Å². The van der Waals surface area contributed by atoms with E-state index < -0.39 is 62.0 Å². The number of aliphatic hydroxyl groups excluding tert-OH is 10. The van der Waals surface area contributed by atoms with Crippen LogP contribution in [0.4, 0.5) is 0 Å². The van der Waals surface area contributed by atoms with Gasteiger partial charge in [-0.05, 0) is 17.7 Å². The summed E-state index contributed by atoms with van der Waals surface area (Å²) in [7, 11) is 0. The lowest BCUT2D eigenvalue weighted by Gasteiger charge is -2.33. The molecule has 13 nitrogen and oxygen atoms in total. The first-order valence-electron chi connectivity index (χ1n) is 12.6. The molecule has 8 atom stereocenters. The summed E-state index contributed by atoms with van der Waals surface area (Å²) in [5.41, 5.74) is 0.921. The predicted molar refractivity (Wildman–Crippen MR) is 149 cm³/mol. The van der Waals surface area contributed by atoms with Crippen LogP contribution in [0.1, 0.15) is 19.4 Å². The average Bonchev–Trinajstić information content (AvgIpc) is 2.93. The topological polar surface area (TPSA) is 232 Å². The van der Waals surface area contributed by atoms with Crippen LogP contribution in [0.3, 0.4) is 0 Å². The van der Waals surface area contributed by atoms with Gasteiger partial charge in [0.15, 0.2) is 5.12 Å². The minimum Gasteiger partial charge on any atom is -0.492 e. The molecule has 0 spiro atoms. The number of benzene rings is 1. The molecule has 0 saturated carbocycles. The predicted octanol–water partition coefficient (Wildman–Crippen LogP) is -2.92. The largest absolute Gasteiger partial charge is 0.492 e. The highest BCUT2D eigenvalue weighted by molar-refractivity contribution is 8.13. The number of thioether (sulfide) groups is 1. The van der Waals surface area contributed by atoms with Crippen molar-refractivity contribution in [2.75, 3.05) is 39.5 Å². The first kappa shape index (κ1) is 38.9. The van der Waals surface area contributed by atoms with Crippen molar-refractivity contribution in [2.45, 2.75) is 68.4 Å². The van der Waals surface area contributed by atoms with E-state index in [0.717, 1.165) is 5.56 Å². The second-order valence-electron chi connectivity index (χ2n) is 9.61. The van der Waals surface area contributed by atoms with E-state index in [0.29, 0.717) is 11.5 Å². The van der Waals surface area contributed by atoms with Crippen molar-refractivity contribution in [1.82, 2.24) is 4.90 Å². The Bertz CT molecular complexity index is 793. The summed E-state index contributed by atoms with van der Waals surface area (Å²) in [5.74, 6) is 0.938. The van der Waals surface area contributed by atoms with Crippen LogP contribution in [-0.2, 0) is 10.5 Å². The highest BCUT2D eigenvalue weighted by atomic mass is 35.5. The van der Waals surface area contributed by atoms with Gasteiger partial charge in [-0.1, -0.05) is 37.7 Å². The molecule has 10 N–H and O–H groups in total. The van der Waals surface area contributed by atoms with E-state index in [2.05, 4.69) is 0 Å². The zero-order chi connectivity index (χ0) is 29.7. The van der Waals surface area contributed by atoms with Crippen molar-refractivity contribution in [3.8, 4) is 5.75 Å². The number of rotatable bonds is 19. The molecule has 1 rings (SSSR count). The van der Waals surface area contributed by atoms with E-state index in [1.165, 1.54) is 16.7 Å². The third-order valence-corrected chi connectivity index (χ3v) is 7.23. The number of nitrogens with zero attached hydrogens (tertiary/aromatic N) is 1. The summed E-state index contributed by atoms with van der Waals surface area (Å²) < 4.78 is 5.70. The van der Waals surface area contributed by atoms with Crippen LogP contribution in [0, 0.1) is 5.92 Å². The fourth-order valence-corrected chi connectivity index (χ4v) is 4.26. The Hall–Kier alpha value is -1.11. The van der Waals surface area contributed by atoms with Crippen LogP contribution in [-0.4, -0.2) is 149 Å². The van der Waals surface area contributed by atoms with E-state index in [1.54, 1.807) is 24.3 Å². The molecule has 0 radical (unpaired) electrons. The van der Waals surface area contributed by atoms with Crippen LogP contribution in [0.2, 0.25) is 0 Å². The van der Waals surface area contributed by atoms with Crippen LogP contribution in [0.5, 0.6) is 5.75 Å². The monoisotopic (exact) mass is 617 g/mol. The fraction of sp³-hybridized carbons (Fsp3) is 0.720. The SMILES string of the molecule is CC(C)C(=O)SCc1ccc(OCCN(C[C@H](O)[C@@H](O)[C@H](O)[C@H](O)CO)C[C@H](O)[C@@H](O)[C@H](O)[C@H](O)CO)cc1.Cl. The van der Waals surface area contributed by atoms with Gasteiger partial charge < -0.3 is 55.8 Å². The highest BCUT2D eigenvalue weighted by Gasteiger charge is 2.34. The second-order valence-corrected chi connectivity index (χ2v) is 10.6. The number of halogens is 1. The molecular formula is C25H44ClNO12S. The van der Waals surface area contributed by atoms with E-state index in [-0.39, 0.29) is 49.7 Å². The molecule has 234 valence electrons. The maximum absolute atomic E-state index is 11.8. The molecule has 0 fully saturated rings. The van der Waals surface area contributed by atoms with Crippen molar-refractivity contribution in [2.24, 2.45) is 5.92 Å². The quantitative estimate of drug-likeness (QED) is 0.0749. The zero-order valence-corrected chi connectivity index (χ0v) is 24.1. The normalized spacial score (nSPS) is 17.9. The fourth-order valence-electron chi connectivity index (χ4n) is 3.42. The summed E-state index contributed by atoms with van der Waals surface area (Å²) in [4.78, 5) is 13.1. The van der Waals surface area contributed by atoms with Gasteiger partial charge in [-0.2, -0.15) is 0 Å². The minimum atomic E-state index is -1.87. The molecule has 1 aromatic carbocycles. The Balaban J connectivity index is 0.0000152. The van der Waals surface area contributed by atoms with Gasteiger partial charge in [-0.3, -0.25) is 9.69 Å². The highest BCUT2D eigenvalue weighted by Crippen LogP contribution is 2.20. The van der Waals surface area contributed by atoms with E-state index >= 15 is 0 Å². The molecule has 0 aliphatic rings. The molecule has 0 unspecified atom stereocenters. The average molecular weight is 618 g/mol. The Morgan fingerprint density at radius 3 is 1.60 bits per heavy atom. The number of hydrogen-bond donors (Lipinski definition) is 10. The Morgan fingerprint density at radius 1 is 0.775 bits per heavy atom. The van der Waals surface area contributed by atoms with Gasteiger partial charge in [0.25, 0.3) is 0 Å². The summed E-state index contributed by atoms with van der Waals surface area (Å²) in [5, 5.41) is 97.9. The van der Waals surface area contributed by atoms with Crippen molar-refractivity contribution in [1.29, 1.82) is 0 Å². The number of ether oxygens (including phenoxy) is 1. The molecular weight excluding hydrogens is 574 g/mol. The number of carbonyl (C=O) groups excluding carboxylic acids is 1. The van der Waals surface area contributed by atoms with Crippen LogP contribution in [0.25, 0.3) is 0 Å². The lowest BCUT2D eigenvalue weighted by Crippen LogP contribution is -2.53. The van der Waals surface area contributed by atoms with E-state index in [9.17, 15) is 45.6 Å². The van der Waals surface area contributed by atoms with Gasteiger partial charge in [-0.15, -0.1) is 12.4 Å². The van der Waals surface area contributed by atoms with Crippen LogP contribution < -0.4 is 4.74 Å². The molecule has 40 heavy (non-hydrogen) atoms. The molecule has 15 heteroatoms. The summed E-state index contributed by atoms with van der Waals surface area (Å²) >= 11 is 1.22. The van der Waals surface area contributed by atoms with Gasteiger partial charge in [0.05, 0.1) is 25.4 Å². The summed E-state index contributed by atoms with van der Waals surface area (Å²) in [6, 6.07) is 7.01. The Kier molecular flexibility index (Phi) is 19.4. The lowest BCUT2D eigenvalue weighted by atomic mass is 10.0. The Labute approximate surface area is 244 Å². The summed E-state index contributed by atoms with van der Waals surface area (Å²) in [6.07, 6.45) is -14.2. The number of aliphatic hydroxyl groups is 10. The van der Waals surface area contributed by atoms with Gasteiger partial charge in [0.1, 0.15) is 49.0 Å². The third-order valence-electron chi connectivity index (χ3n) is 5.99. The minimum absolute atomic E-state index is 0. The molecule has 0 aromatic heterocycles. The van der Waals surface area contributed by atoms with Gasteiger partial charge in [0.2, 0.25) is 0 Å².